The van der Waals surface area contributed by atoms with E-state index < -0.39 is 12.1 Å². The first-order valence-corrected chi connectivity index (χ1v) is 9.59. The molecule has 0 heterocycles. The fourth-order valence-corrected chi connectivity index (χ4v) is 3.44. The Bertz CT molecular complexity index is 469. The molecule has 0 amide bonds. The number of allylic oxidation sites excluding steroid dienone is 1. The van der Waals surface area contributed by atoms with Crippen LogP contribution in [0.4, 0.5) is 0 Å². The van der Waals surface area contributed by atoms with Crippen molar-refractivity contribution in [3.63, 3.8) is 0 Å². The Hall–Kier alpha value is -1.49. The van der Waals surface area contributed by atoms with Gasteiger partial charge >= 0.3 is 5.97 Å². The number of aliphatic hydroxyl groups is 1. The maximum absolute atomic E-state index is 12.1. The monoisotopic (exact) mass is 352 g/mol. The van der Waals surface area contributed by atoms with Gasteiger partial charge in [-0.1, -0.05) is 45.1 Å². The molecular formula is C20H32O5. The number of carbonyl (C=O) groups is 3. The minimum absolute atomic E-state index is 0.0624. The van der Waals surface area contributed by atoms with Gasteiger partial charge in [0.25, 0.3) is 0 Å². The van der Waals surface area contributed by atoms with Gasteiger partial charge in [-0.2, -0.15) is 0 Å². The zero-order valence-corrected chi connectivity index (χ0v) is 15.3. The number of aliphatic carboxylic acids is 1. The lowest BCUT2D eigenvalue weighted by molar-refractivity contribution is -0.137. The fourth-order valence-electron chi connectivity index (χ4n) is 3.44. The second kappa shape index (κ2) is 12.0. The third-order valence-electron chi connectivity index (χ3n) is 4.92. The first kappa shape index (κ1) is 21.6. The van der Waals surface area contributed by atoms with E-state index in [0.717, 1.165) is 38.5 Å². The molecule has 1 aliphatic carbocycles. The van der Waals surface area contributed by atoms with Gasteiger partial charge < -0.3 is 10.2 Å². The second-order valence-electron chi connectivity index (χ2n) is 7.05. The largest absolute Gasteiger partial charge is 0.481 e. The average molecular weight is 352 g/mol. The molecule has 0 aromatic heterocycles. The average Bonchev–Trinajstić information content (AvgIpc) is 2.82. The third-order valence-corrected chi connectivity index (χ3v) is 4.92. The van der Waals surface area contributed by atoms with Gasteiger partial charge in [0, 0.05) is 31.1 Å². The van der Waals surface area contributed by atoms with Crippen LogP contribution in [0.25, 0.3) is 0 Å². The number of carboxylic acids is 1. The second-order valence-corrected chi connectivity index (χ2v) is 7.05. The number of rotatable bonds is 13. The minimum Gasteiger partial charge on any atom is -0.481 e. The molecule has 0 aromatic rings. The molecule has 1 saturated carbocycles. The van der Waals surface area contributed by atoms with E-state index >= 15 is 0 Å². The Morgan fingerprint density at radius 1 is 1.08 bits per heavy atom. The van der Waals surface area contributed by atoms with Crippen molar-refractivity contribution in [1.82, 2.24) is 0 Å². The summed E-state index contributed by atoms with van der Waals surface area (Å²) in [5.41, 5.74) is 0. The van der Waals surface area contributed by atoms with Crippen LogP contribution in [0.5, 0.6) is 0 Å². The van der Waals surface area contributed by atoms with Crippen LogP contribution in [0.2, 0.25) is 0 Å². The Labute approximate surface area is 150 Å². The van der Waals surface area contributed by atoms with Crippen molar-refractivity contribution in [2.75, 3.05) is 0 Å². The van der Waals surface area contributed by atoms with Gasteiger partial charge in [-0.15, -0.1) is 0 Å². The summed E-state index contributed by atoms with van der Waals surface area (Å²) in [4.78, 5) is 34.4. The standard InChI is InChI=1S/C20H32O5/c1-2-3-6-9-15(21)12-13-17-16(18(22)14-19(17)23)10-7-4-5-8-11-20(24)25/h12-13,16-17,19,23H,2-11,14H2,1H3,(H,24,25)/b13-12+/t16-,17-,19?/m1/s1. The zero-order valence-electron chi connectivity index (χ0n) is 15.3. The molecule has 0 spiro atoms. The van der Waals surface area contributed by atoms with Crippen LogP contribution in [0, 0.1) is 11.8 Å². The maximum atomic E-state index is 12.1. The van der Waals surface area contributed by atoms with Crippen LogP contribution in [0.1, 0.15) is 77.6 Å². The number of carboxylic acid groups (broad SMARTS) is 1. The Kier molecular flexibility index (Phi) is 10.3. The Morgan fingerprint density at radius 3 is 2.44 bits per heavy atom. The summed E-state index contributed by atoms with van der Waals surface area (Å²) in [6.07, 6.45) is 10.4. The van der Waals surface area contributed by atoms with Crippen LogP contribution in [0.3, 0.4) is 0 Å². The molecule has 0 aromatic carbocycles. The van der Waals surface area contributed by atoms with Gasteiger partial charge in [-0.05, 0) is 25.3 Å². The topological polar surface area (TPSA) is 91.7 Å². The van der Waals surface area contributed by atoms with E-state index in [9.17, 15) is 19.5 Å². The van der Waals surface area contributed by atoms with Gasteiger partial charge in [-0.3, -0.25) is 14.4 Å². The predicted octanol–water partition coefficient (Wildman–Crippen LogP) is 3.68. The molecule has 2 N–H and O–H groups in total. The van der Waals surface area contributed by atoms with Crippen LogP contribution in [-0.4, -0.2) is 33.9 Å². The summed E-state index contributed by atoms with van der Waals surface area (Å²) in [5, 5.41) is 18.7. The summed E-state index contributed by atoms with van der Waals surface area (Å²) < 4.78 is 0. The van der Waals surface area contributed by atoms with E-state index in [2.05, 4.69) is 6.92 Å². The molecule has 0 radical (unpaired) electrons. The number of aliphatic hydroxyl groups excluding tert-OH is 1. The molecule has 3 atom stereocenters. The fraction of sp³-hybridized carbons (Fsp3) is 0.750. The van der Waals surface area contributed by atoms with Gasteiger partial charge in [-0.25, -0.2) is 0 Å². The van der Waals surface area contributed by atoms with Crippen molar-refractivity contribution in [1.29, 1.82) is 0 Å². The van der Waals surface area contributed by atoms with Crippen molar-refractivity contribution in [3.8, 4) is 0 Å². The summed E-state index contributed by atoms with van der Waals surface area (Å²) >= 11 is 0. The molecule has 142 valence electrons. The number of hydrogen-bond acceptors (Lipinski definition) is 4. The lowest BCUT2D eigenvalue weighted by atomic mass is 9.88. The molecule has 0 bridgehead atoms. The van der Waals surface area contributed by atoms with Gasteiger partial charge in [0.1, 0.15) is 5.78 Å². The highest BCUT2D eigenvalue weighted by Crippen LogP contribution is 2.34. The number of unbranched alkanes of at least 4 members (excludes halogenated alkanes) is 5. The first-order valence-electron chi connectivity index (χ1n) is 9.59. The van der Waals surface area contributed by atoms with Gasteiger partial charge in [0.2, 0.25) is 0 Å². The summed E-state index contributed by atoms with van der Waals surface area (Å²) in [5.74, 6) is -1.11. The molecule has 0 aliphatic heterocycles. The van der Waals surface area contributed by atoms with Crippen molar-refractivity contribution < 1.29 is 24.6 Å². The number of Topliss-reactive ketones (excluding diaryl/α,β-unsaturated/α-hetero) is 1. The predicted molar refractivity (Wildman–Crippen MR) is 96.2 cm³/mol. The SMILES string of the molecule is CCCCCC(=O)/C=C/[C@H]1C(O)CC(=O)[C@@H]1CCCCCCC(=O)O. The van der Waals surface area contributed by atoms with E-state index in [1.165, 1.54) is 0 Å². The molecule has 1 fully saturated rings. The normalized spacial score (nSPS) is 23.4. The third kappa shape index (κ3) is 8.43. The van der Waals surface area contributed by atoms with Crippen LogP contribution >= 0.6 is 0 Å². The Balaban J connectivity index is 2.40. The van der Waals surface area contributed by atoms with E-state index in [1.807, 2.05) is 0 Å². The smallest absolute Gasteiger partial charge is 0.303 e. The lowest BCUT2D eigenvalue weighted by Crippen LogP contribution is -2.19. The molecule has 1 rings (SSSR count). The number of ketones is 2. The zero-order chi connectivity index (χ0) is 18.7. The summed E-state index contributed by atoms with van der Waals surface area (Å²) in [7, 11) is 0. The van der Waals surface area contributed by atoms with Crippen LogP contribution < -0.4 is 0 Å². The van der Waals surface area contributed by atoms with Crippen LogP contribution in [-0.2, 0) is 14.4 Å². The molecule has 1 unspecified atom stereocenters. The summed E-state index contributed by atoms with van der Waals surface area (Å²) in [6.45, 7) is 2.09. The molecular weight excluding hydrogens is 320 g/mol. The van der Waals surface area contributed by atoms with E-state index in [-0.39, 0.29) is 36.2 Å². The highest BCUT2D eigenvalue weighted by molar-refractivity contribution is 5.90. The molecule has 0 saturated heterocycles. The molecule has 5 heteroatoms. The van der Waals surface area contributed by atoms with E-state index in [0.29, 0.717) is 19.3 Å². The number of carbonyl (C=O) groups excluding carboxylic acids is 2. The van der Waals surface area contributed by atoms with Gasteiger partial charge in [0.15, 0.2) is 5.78 Å². The van der Waals surface area contributed by atoms with Crippen molar-refractivity contribution in [3.05, 3.63) is 12.2 Å². The van der Waals surface area contributed by atoms with Crippen LogP contribution in [0.15, 0.2) is 12.2 Å². The molecule has 1 aliphatic rings. The van der Waals surface area contributed by atoms with Crippen molar-refractivity contribution >= 4 is 17.5 Å². The summed E-state index contributed by atoms with van der Waals surface area (Å²) in [6, 6.07) is 0. The van der Waals surface area contributed by atoms with Crippen molar-refractivity contribution in [2.24, 2.45) is 11.8 Å². The first-order chi connectivity index (χ1) is 12.0. The van der Waals surface area contributed by atoms with E-state index in [4.69, 9.17) is 5.11 Å². The molecule has 5 nitrogen and oxygen atoms in total. The number of hydrogen-bond donors (Lipinski definition) is 2. The maximum Gasteiger partial charge on any atom is 0.303 e. The Morgan fingerprint density at radius 2 is 1.76 bits per heavy atom. The van der Waals surface area contributed by atoms with Crippen molar-refractivity contribution in [2.45, 2.75) is 83.7 Å². The lowest BCUT2D eigenvalue weighted by Gasteiger charge is -2.17. The van der Waals surface area contributed by atoms with E-state index in [1.54, 1.807) is 12.2 Å². The highest BCUT2D eigenvalue weighted by Gasteiger charge is 2.39. The molecule has 25 heavy (non-hydrogen) atoms. The highest BCUT2D eigenvalue weighted by atomic mass is 16.4. The minimum atomic E-state index is -0.775. The quantitative estimate of drug-likeness (QED) is 0.390. The van der Waals surface area contributed by atoms with Gasteiger partial charge in [0.05, 0.1) is 6.10 Å².